The fraction of sp³-hybridized carbons (Fsp3) is 0.167. The van der Waals surface area contributed by atoms with Gasteiger partial charge in [-0.2, -0.15) is 5.10 Å². The Kier molecular flexibility index (Phi) is 6.20. The third-order valence-electron chi connectivity index (χ3n) is 5.03. The molecule has 0 saturated heterocycles. The maximum atomic E-state index is 14.3. The number of carbonyl (C=O) groups excluding carboxylic acids is 1. The van der Waals surface area contributed by atoms with Gasteiger partial charge in [-0.3, -0.25) is 4.79 Å². The van der Waals surface area contributed by atoms with Gasteiger partial charge in [0.2, 0.25) is 0 Å². The van der Waals surface area contributed by atoms with Crippen molar-refractivity contribution in [2.75, 3.05) is 0 Å². The molecule has 0 aliphatic heterocycles. The third-order valence-corrected chi connectivity index (χ3v) is 6.62. The number of nitrogens with one attached hydrogen (secondary N) is 1. The average Bonchev–Trinajstić information content (AvgIpc) is 3.37. The lowest BCUT2D eigenvalue weighted by molar-refractivity contribution is 0.0955. The topological polar surface area (TPSA) is 46.4 Å². The predicted octanol–water partition coefficient (Wildman–Crippen LogP) is 6.43. The van der Waals surface area contributed by atoms with Crippen molar-refractivity contribution in [3.8, 4) is 0 Å². The molecule has 4 rings (SSSR count). The van der Waals surface area contributed by atoms with Gasteiger partial charge in [-0.05, 0) is 30.2 Å². The van der Waals surface area contributed by atoms with Crippen LogP contribution in [0.15, 0.2) is 65.2 Å². The van der Waals surface area contributed by atoms with Crippen LogP contribution >= 0.6 is 22.9 Å². The highest BCUT2D eigenvalue weighted by Crippen LogP contribution is 2.25. The van der Waals surface area contributed by atoms with Crippen LogP contribution in [0.3, 0.4) is 0 Å². The summed E-state index contributed by atoms with van der Waals surface area (Å²) in [7, 11) is 0. The molecule has 4 aromatic rings. The zero-order chi connectivity index (χ0) is 22.0. The Bertz CT molecular complexity index is 1250. The number of aromatic nitrogens is 1. The molecule has 1 amide bonds. The van der Waals surface area contributed by atoms with Crippen LogP contribution in [0.5, 0.6) is 0 Å². The molecule has 0 atom stereocenters. The Morgan fingerprint density at radius 1 is 1.26 bits per heavy atom. The number of thiophene rings is 1. The van der Waals surface area contributed by atoms with Gasteiger partial charge >= 0.3 is 0 Å². The summed E-state index contributed by atoms with van der Waals surface area (Å²) in [4.78, 5) is 13.5. The van der Waals surface area contributed by atoms with Crippen molar-refractivity contribution in [1.29, 1.82) is 0 Å². The number of rotatable bonds is 6. The first-order chi connectivity index (χ1) is 14.9. The molecule has 7 heteroatoms. The maximum Gasteiger partial charge on any atom is 0.272 e. The molecular formula is C24H21ClFN3OS. The molecule has 0 spiro atoms. The molecule has 4 nitrogen and oxygen atoms in total. The van der Waals surface area contributed by atoms with Gasteiger partial charge in [0.15, 0.2) is 0 Å². The van der Waals surface area contributed by atoms with E-state index in [1.807, 2.05) is 46.5 Å². The van der Waals surface area contributed by atoms with Crippen LogP contribution in [0.25, 0.3) is 10.9 Å². The molecule has 0 aliphatic carbocycles. The molecular weight excluding hydrogens is 433 g/mol. The Hall–Kier alpha value is -2.96. The summed E-state index contributed by atoms with van der Waals surface area (Å²) in [5, 5.41) is 7.32. The van der Waals surface area contributed by atoms with Crippen LogP contribution in [0.2, 0.25) is 5.02 Å². The van der Waals surface area contributed by atoms with E-state index in [4.69, 9.17) is 11.6 Å². The zero-order valence-corrected chi connectivity index (χ0v) is 18.7. The number of hydrogen-bond acceptors (Lipinski definition) is 3. The average molecular weight is 454 g/mol. The normalized spacial score (nSPS) is 11.6. The Morgan fingerprint density at radius 2 is 2.06 bits per heavy atom. The predicted molar refractivity (Wildman–Crippen MR) is 126 cm³/mol. The number of para-hydroxylation sites is 1. The molecule has 31 heavy (non-hydrogen) atoms. The van der Waals surface area contributed by atoms with E-state index in [1.165, 1.54) is 6.07 Å². The summed E-state index contributed by atoms with van der Waals surface area (Å²) in [6, 6.07) is 14.3. The maximum absolute atomic E-state index is 14.3. The quantitative estimate of drug-likeness (QED) is 0.265. The van der Waals surface area contributed by atoms with Crippen molar-refractivity contribution >= 4 is 46.0 Å². The summed E-state index contributed by atoms with van der Waals surface area (Å²) in [6.45, 7) is 4.48. The second-order valence-corrected chi connectivity index (χ2v) is 8.87. The van der Waals surface area contributed by atoms with Crippen LogP contribution < -0.4 is 5.43 Å². The van der Waals surface area contributed by atoms with Crippen LogP contribution in [0, 0.1) is 5.82 Å². The van der Waals surface area contributed by atoms with Crippen molar-refractivity contribution in [3.05, 3.63) is 92.5 Å². The van der Waals surface area contributed by atoms with Crippen molar-refractivity contribution in [2.24, 2.45) is 5.10 Å². The molecule has 0 aliphatic rings. The van der Waals surface area contributed by atoms with Gasteiger partial charge in [0.25, 0.3) is 5.91 Å². The van der Waals surface area contributed by atoms with Crippen LogP contribution in [-0.4, -0.2) is 16.7 Å². The third kappa shape index (κ3) is 4.55. The molecule has 2 heterocycles. The number of carbonyl (C=O) groups is 1. The fourth-order valence-corrected chi connectivity index (χ4v) is 4.49. The molecule has 0 radical (unpaired) electrons. The van der Waals surface area contributed by atoms with Gasteiger partial charge < -0.3 is 4.57 Å². The molecule has 0 saturated carbocycles. The SMILES string of the molecule is CC(C)c1cc(C(=O)NN=Cc2cn(Cc3c(F)cccc3Cl)c3ccccc23)cs1. The largest absolute Gasteiger partial charge is 0.342 e. The number of halogens is 2. The first-order valence-electron chi connectivity index (χ1n) is 9.86. The van der Waals surface area contributed by atoms with Gasteiger partial charge in [0.1, 0.15) is 5.82 Å². The standard InChI is InChI=1S/C24H21ClFN3OS/c1-15(2)23-10-16(14-31-23)24(30)28-27-11-17-12-29(22-9-4-3-6-18(17)22)13-19-20(25)7-5-8-21(19)26/h3-12,14-15H,13H2,1-2H3,(H,28,30). The first-order valence-corrected chi connectivity index (χ1v) is 11.1. The Morgan fingerprint density at radius 3 is 2.81 bits per heavy atom. The smallest absolute Gasteiger partial charge is 0.272 e. The number of hydrogen-bond donors (Lipinski definition) is 1. The monoisotopic (exact) mass is 453 g/mol. The van der Waals surface area contributed by atoms with Crippen molar-refractivity contribution < 1.29 is 9.18 Å². The van der Waals surface area contributed by atoms with E-state index >= 15 is 0 Å². The molecule has 1 N–H and O–H groups in total. The molecule has 2 aromatic carbocycles. The van der Waals surface area contributed by atoms with E-state index in [-0.39, 0.29) is 11.7 Å². The molecule has 0 bridgehead atoms. The van der Waals surface area contributed by atoms with Crippen molar-refractivity contribution in [3.63, 3.8) is 0 Å². The number of amides is 1. The highest BCUT2D eigenvalue weighted by atomic mass is 35.5. The van der Waals surface area contributed by atoms with Crippen LogP contribution in [0.4, 0.5) is 4.39 Å². The van der Waals surface area contributed by atoms with Gasteiger partial charge in [-0.25, -0.2) is 9.82 Å². The van der Waals surface area contributed by atoms with E-state index < -0.39 is 0 Å². The number of benzene rings is 2. The summed E-state index contributed by atoms with van der Waals surface area (Å²) >= 11 is 7.78. The van der Waals surface area contributed by atoms with Crippen LogP contribution in [-0.2, 0) is 6.54 Å². The Labute approximate surface area is 189 Å². The minimum absolute atomic E-state index is 0.249. The van der Waals surface area contributed by atoms with E-state index in [9.17, 15) is 9.18 Å². The summed E-state index contributed by atoms with van der Waals surface area (Å²) in [5.41, 5.74) is 5.36. The van der Waals surface area contributed by atoms with E-state index in [2.05, 4.69) is 24.4 Å². The van der Waals surface area contributed by atoms with Crippen LogP contribution in [0.1, 0.15) is 46.1 Å². The number of nitrogens with zero attached hydrogens (tertiary/aromatic N) is 2. The minimum Gasteiger partial charge on any atom is -0.342 e. The van der Waals surface area contributed by atoms with E-state index in [0.717, 1.165) is 21.3 Å². The number of fused-ring (bicyclic) bond motifs is 1. The van der Waals surface area contributed by atoms with Gasteiger partial charge in [-0.15, -0.1) is 11.3 Å². The summed E-state index contributed by atoms with van der Waals surface area (Å²) < 4.78 is 16.2. The first kappa shape index (κ1) is 21.3. The minimum atomic E-state index is -0.343. The highest BCUT2D eigenvalue weighted by molar-refractivity contribution is 7.10. The van der Waals surface area contributed by atoms with Gasteiger partial charge in [0, 0.05) is 43.5 Å². The second kappa shape index (κ2) is 9.04. The summed E-state index contributed by atoms with van der Waals surface area (Å²) in [6.07, 6.45) is 3.49. The Balaban J connectivity index is 1.57. The van der Waals surface area contributed by atoms with E-state index in [1.54, 1.807) is 29.7 Å². The lowest BCUT2D eigenvalue weighted by atomic mass is 10.1. The van der Waals surface area contributed by atoms with Crippen molar-refractivity contribution in [1.82, 2.24) is 9.99 Å². The summed E-state index contributed by atoms with van der Waals surface area (Å²) in [5.74, 6) is -0.213. The van der Waals surface area contributed by atoms with Crippen molar-refractivity contribution in [2.45, 2.75) is 26.3 Å². The zero-order valence-electron chi connectivity index (χ0n) is 17.1. The molecule has 158 valence electrons. The molecule has 0 unspecified atom stereocenters. The lowest BCUT2D eigenvalue weighted by Gasteiger charge is -2.08. The lowest BCUT2D eigenvalue weighted by Crippen LogP contribution is -2.16. The highest BCUT2D eigenvalue weighted by Gasteiger charge is 2.13. The number of hydrazone groups is 1. The van der Waals surface area contributed by atoms with Gasteiger partial charge in [0.05, 0.1) is 18.3 Å². The fourth-order valence-electron chi connectivity index (χ4n) is 3.36. The van der Waals surface area contributed by atoms with Gasteiger partial charge in [-0.1, -0.05) is 49.7 Å². The second-order valence-electron chi connectivity index (χ2n) is 7.52. The molecule has 2 aromatic heterocycles. The molecule has 0 fully saturated rings. The van der Waals surface area contributed by atoms with E-state index in [0.29, 0.717) is 28.6 Å².